The average Bonchev–Trinajstić information content (AvgIpc) is 2.05. The lowest BCUT2D eigenvalue weighted by Crippen LogP contribution is -2.62. The Morgan fingerprint density at radius 3 is 1.58 bits per heavy atom. The molecule has 0 saturated carbocycles. The lowest BCUT2D eigenvalue weighted by atomic mass is 10.1. The van der Waals surface area contributed by atoms with Gasteiger partial charge in [-0.05, 0) is 27.7 Å². The highest BCUT2D eigenvalue weighted by atomic mass is 16.5. The Labute approximate surface area is 76.1 Å². The first-order valence-corrected chi connectivity index (χ1v) is 5.04. The van der Waals surface area contributed by atoms with E-state index in [0.717, 1.165) is 25.3 Å². The summed E-state index contributed by atoms with van der Waals surface area (Å²) in [5.74, 6) is 0. The van der Waals surface area contributed by atoms with Gasteiger partial charge in [0.25, 0.3) is 0 Å². The largest absolute Gasteiger partial charge is 0.370 e. The van der Waals surface area contributed by atoms with E-state index in [1.807, 2.05) is 0 Å². The Morgan fingerprint density at radius 1 is 0.917 bits per heavy atom. The van der Waals surface area contributed by atoms with E-state index in [-0.39, 0.29) is 0 Å². The van der Waals surface area contributed by atoms with Crippen LogP contribution >= 0.6 is 0 Å². The third kappa shape index (κ3) is 1.64. The number of ether oxygens (including phenoxy) is 1. The summed E-state index contributed by atoms with van der Waals surface area (Å²) in [5, 5.41) is 0. The quantitative estimate of drug-likeness (QED) is 0.575. The molecule has 1 aliphatic heterocycles. The lowest BCUT2D eigenvalue weighted by molar-refractivity contribution is -0.972. The average molecular weight is 172 g/mol. The molecule has 1 saturated heterocycles. The molecule has 0 aliphatic carbocycles. The lowest BCUT2D eigenvalue weighted by Gasteiger charge is -2.48. The monoisotopic (exact) mass is 172 g/mol. The molecule has 0 aromatic heterocycles. The van der Waals surface area contributed by atoms with Crippen LogP contribution in [-0.2, 0) is 4.74 Å². The molecule has 0 aromatic rings. The number of hydrogen-bond acceptors (Lipinski definition) is 1. The number of rotatable bonds is 2. The smallest absolute Gasteiger partial charge is 0.103 e. The SMILES string of the molecule is CC(C)[N+]1(C(C)C)CCOCC1. The second-order valence-corrected chi connectivity index (χ2v) is 4.35. The van der Waals surface area contributed by atoms with Crippen LogP contribution in [0.1, 0.15) is 27.7 Å². The van der Waals surface area contributed by atoms with Gasteiger partial charge in [0.05, 0.1) is 25.3 Å². The molecule has 0 spiro atoms. The summed E-state index contributed by atoms with van der Waals surface area (Å²) in [6.07, 6.45) is 0. The van der Waals surface area contributed by atoms with E-state index in [1.54, 1.807) is 0 Å². The van der Waals surface area contributed by atoms with Crippen LogP contribution in [0.3, 0.4) is 0 Å². The predicted octanol–water partition coefficient (Wildman–Crippen LogP) is 1.65. The molecule has 72 valence electrons. The van der Waals surface area contributed by atoms with Crippen LogP contribution in [0.2, 0.25) is 0 Å². The highest BCUT2D eigenvalue weighted by Gasteiger charge is 2.36. The van der Waals surface area contributed by atoms with Crippen LogP contribution in [0, 0.1) is 0 Å². The molecule has 1 heterocycles. The molecule has 0 N–H and O–H groups in total. The van der Waals surface area contributed by atoms with Crippen LogP contribution in [0.4, 0.5) is 0 Å². The van der Waals surface area contributed by atoms with Crippen molar-refractivity contribution in [3.63, 3.8) is 0 Å². The third-order valence-electron chi connectivity index (χ3n) is 3.36. The molecule has 0 amide bonds. The van der Waals surface area contributed by atoms with Crippen LogP contribution in [-0.4, -0.2) is 42.9 Å². The molecule has 1 rings (SSSR count). The molecular weight excluding hydrogens is 150 g/mol. The Hall–Kier alpha value is -0.0800. The van der Waals surface area contributed by atoms with E-state index in [2.05, 4.69) is 27.7 Å². The first kappa shape index (κ1) is 10.0. The molecule has 0 bridgehead atoms. The summed E-state index contributed by atoms with van der Waals surface area (Å²) in [7, 11) is 0. The van der Waals surface area contributed by atoms with E-state index in [0.29, 0.717) is 0 Å². The predicted molar refractivity (Wildman–Crippen MR) is 51.1 cm³/mol. The van der Waals surface area contributed by atoms with Gasteiger partial charge in [-0.2, -0.15) is 0 Å². The first-order chi connectivity index (χ1) is 5.59. The van der Waals surface area contributed by atoms with Gasteiger partial charge in [-0.25, -0.2) is 0 Å². The highest BCUT2D eigenvalue weighted by molar-refractivity contribution is 4.57. The highest BCUT2D eigenvalue weighted by Crippen LogP contribution is 2.21. The van der Waals surface area contributed by atoms with E-state index in [4.69, 9.17) is 4.74 Å². The topological polar surface area (TPSA) is 9.23 Å². The molecule has 1 aliphatic rings. The summed E-state index contributed by atoms with van der Waals surface area (Å²) in [5.41, 5.74) is 0. The fourth-order valence-electron chi connectivity index (χ4n) is 2.31. The summed E-state index contributed by atoms with van der Waals surface area (Å²) >= 11 is 0. The van der Waals surface area contributed by atoms with E-state index in [9.17, 15) is 0 Å². The molecule has 0 aromatic carbocycles. The zero-order chi connectivity index (χ0) is 9.19. The summed E-state index contributed by atoms with van der Waals surface area (Å²) in [6, 6.07) is 1.46. The summed E-state index contributed by atoms with van der Waals surface area (Å²) < 4.78 is 6.65. The molecule has 2 heteroatoms. The molecule has 0 unspecified atom stereocenters. The Kier molecular flexibility index (Phi) is 3.13. The molecule has 0 atom stereocenters. The fraction of sp³-hybridized carbons (Fsp3) is 1.00. The molecular formula is C10H22NO+. The Bertz CT molecular complexity index is 127. The van der Waals surface area contributed by atoms with Crippen molar-refractivity contribution in [2.75, 3.05) is 26.3 Å². The maximum atomic E-state index is 5.41. The standard InChI is InChI=1S/C10H22NO/c1-9(2)11(10(3)4)5-7-12-8-6-11/h9-10H,5-8H2,1-4H3/q+1. The number of nitrogens with zero attached hydrogens (tertiary/aromatic N) is 1. The zero-order valence-corrected chi connectivity index (χ0v) is 8.84. The maximum Gasteiger partial charge on any atom is 0.103 e. The van der Waals surface area contributed by atoms with Gasteiger partial charge < -0.3 is 9.22 Å². The van der Waals surface area contributed by atoms with Gasteiger partial charge in [0, 0.05) is 0 Å². The maximum absolute atomic E-state index is 5.41. The van der Waals surface area contributed by atoms with Crippen LogP contribution < -0.4 is 0 Å². The van der Waals surface area contributed by atoms with Crippen molar-refractivity contribution in [1.29, 1.82) is 0 Å². The molecule has 0 radical (unpaired) electrons. The van der Waals surface area contributed by atoms with Gasteiger partial charge >= 0.3 is 0 Å². The fourth-order valence-corrected chi connectivity index (χ4v) is 2.31. The summed E-state index contributed by atoms with van der Waals surface area (Å²) in [4.78, 5) is 0. The van der Waals surface area contributed by atoms with Crippen molar-refractivity contribution in [3.8, 4) is 0 Å². The van der Waals surface area contributed by atoms with Crippen molar-refractivity contribution < 1.29 is 9.22 Å². The van der Waals surface area contributed by atoms with Gasteiger partial charge in [-0.1, -0.05) is 0 Å². The van der Waals surface area contributed by atoms with Crippen LogP contribution in [0.15, 0.2) is 0 Å². The van der Waals surface area contributed by atoms with E-state index < -0.39 is 0 Å². The number of morpholine rings is 1. The third-order valence-corrected chi connectivity index (χ3v) is 3.36. The minimum absolute atomic E-state index is 0.730. The van der Waals surface area contributed by atoms with Crippen molar-refractivity contribution in [3.05, 3.63) is 0 Å². The number of quaternary nitrogens is 1. The molecule has 1 fully saturated rings. The number of hydrogen-bond donors (Lipinski definition) is 0. The normalized spacial score (nSPS) is 23.5. The van der Waals surface area contributed by atoms with Gasteiger partial charge in [0.2, 0.25) is 0 Å². The van der Waals surface area contributed by atoms with Crippen molar-refractivity contribution in [2.24, 2.45) is 0 Å². The van der Waals surface area contributed by atoms with Crippen molar-refractivity contribution >= 4 is 0 Å². The second kappa shape index (κ2) is 3.75. The summed E-state index contributed by atoms with van der Waals surface area (Å²) in [6.45, 7) is 13.6. The zero-order valence-electron chi connectivity index (χ0n) is 8.84. The van der Waals surface area contributed by atoms with Crippen LogP contribution in [0.5, 0.6) is 0 Å². The van der Waals surface area contributed by atoms with E-state index >= 15 is 0 Å². The van der Waals surface area contributed by atoms with Crippen LogP contribution in [0.25, 0.3) is 0 Å². The van der Waals surface area contributed by atoms with Crippen molar-refractivity contribution in [2.45, 2.75) is 39.8 Å². The minimum atomic E-state index is 0.730. The Balaban J connectivity index is 2.70. The molecule has 12 heavy (non-hydrogen) atoms. The second-order valence-electron chi connectivity index (χ2n) is 4.35. The van der Waals surface area contributed by atoms with Crippen molar-refractivity contribution in [1.82, 2.24) is 0 Å². The minimum Gasteiger partial charge on any atom is -0.370 e. The first-order valence-electron chi connectivity index (χ1n) is 5.04. The van der Waals surface area contributed by atoms with Gasteiger partial charge in [0.15, 0.2) is 0 Å². The van der Waals surface area contributed by atoms with Gasteiger partial charge in [0.1, 0.15) is 13.1 Å². The Morgan fingerprint density at radius 2 is 1.33 bits per heavy atom. The van der Waals surface area contributed by atoms with E-state index in [1.165, 1.54) is 17.6 Å². The van der Waals surface area contributed by atoms with Gasteiger partial charge in [-0.15, -0.1) is 0 Å². The van der Waals surface area contributed by atoms with Gasteiger partial charge in [-0.3, -0.25) is 0 Å². The molecule has 2 nitrogen and oxygen atoms in total.